The number of hydrogen-bond donors (Lipinski definition) is 2. The van der Waals surface area contributed by atoms with Crippen molar-refractivity contribution in [1.82, 2.24) is 24.8 Å². The first-order valence-corrected chi connectivity index (χ1v) is 22.0. The number of carboxylic acid groups (broad SMARTS) is 1. The second-order valence-electron chi connectivity index (χ2n) is 16.6. The number of pyridine rings is 2. The number of benzene rings is 3. The van der Waals surface area contributed by atoms with Gasteiger partial charge in [0.1, 0.15) is 41.1 Å². The number of nitrogens with zero attached hydrogens (tertiary/aromatic N) is 7. The minimum atomic E-state index is -5.02. The van der Waals surface area contributed by atoms with Crippen molar-refractivity contribution >= 4 is 46.1 Å². The molecule has 0 radical (unpaired) electrons. The molecule has 3 aromatic heterocycles. The fraction of sp³-hybridized carbons (Fsp3) is 0.354. The molecule has 0 aliphatic carbocycles. The number of likely N-dealkylation sites (tertiary alicyclic amines) is 1. The number of piperidine rings is 1. The van der Waals surface area contributed by atoms with E-state index in [1.807, 2.05) is 31.3 Å². The predicted molar refractivity (Wildman–Crippen MR) is 246 cm³/mol. The summed E-state index contributed by atoms with van der Waals surface area (Å²) in [5, 5.41) is 11.5. The Morgan fingerprint density at radius 3 is 2.30 bits per heavy atom. The normalized spacial score (nSPS) is 15.7. The van der Waals surface area contributed by atoms with Crippen LogP contribution in [0.25, 0.3) is 22.2 Å². The Kier molecular flexibility index (Phi) is 13.8. The van der Waals surface area contributed by atoms with Crippen LogP contribution in [0.15, 0.2) is 72.9 Å². The van der Waals surface area contributed by atoms with Crippen LogP contribution < -0.4 is 34.1 Å². The summed E-state index contributed by atoms with van der Waals surface area (Å²) < 4.78 is 87.6. The van der Waals surface area contributed by atoms with E-state index in [2.05, 4.69) is 25.2 Å². The molecule has 1 saturated heterocycles. The van der Waals surface area contributed by atoms with Gasteiger partial charge < -0.3 is 38.8 Å². The van der Waals surface area contributed by atoms with Gasteiger partial charge in [-0.1, -0.05) is 41.9 Å². The van der Waals surface area contributed by atoms with E-state index in [1.165, 1.54) is 19.2 Å². The van der Waals surface area contributed by atoms with Crippen LogP contribution in [0.3, 0.4) is 0 Å². The molecule has 3 aromatic carbocycles. The number of methoxy groups -OCH3 is 2. The molecule has 8 rings (SSSR count). The maximum Gasteiger partial charge on any atom is 0.418 e. The minimum Gasteiger partial charge on any atom is -0.497 e. The summed E-state index contributed by atoms with van der Waals surface area (Å²) in [5.74, 6) is 0.268. The lowest BCUT2D eigenvalue weighted by molar-refractivity contribution is -0.137. The van der Waals surface area contributed by atoms with Gasteiger partial charge in [0, 0.05) is 37.3 Å². The zero-order chi connectivity index (χ0) is 47.6. The summed E-state index contributed by atoms with van der Waals surface area (Å²) in [7, 11) is 5.11. The molecular weight excluding hydrogens is 896 g/mol. The van der Waals surface area contributed by atoms with E-state index in [1.54, 1.807) is 67.3 Å². The molecule has 2 atom stereocenters. The van der Waals surface area contributed by atoms with E-state index >= 15 is 17.6 Å². The van der Waals surface area contributed by atoms with Crippen molar-refractivity contribution in [3.63, 3.8) is 0 Å². The summed E-state index contributed by atoms with van der Waals surface area (Å²) in [6, 6.07) is 18.3. The second-order valence-corrected chi connectivity index (χ2v) is 17.0. The maximum absolute atomic E-state index is 18.0. The van der Waals surface area contributed by atoms with Gasteiger partial charge in [0.15, 0.2) is 11.6 Å². The zero-order valence-electron chi connectivity index (χ0n) is 37.5. The van der Waals surface area contributed by atoms with Crippen molar-refractivity contribution in [3.05, 3.63) is 112 Å². The first kappa shape index (κ1) is 46.9. The number of alkyl halides is 3. The maximum atomic E-state index is 18.0. The third kappa shape index (κ3) is 10.0. The molecule has 1 unspecified atom stereocenters. The van der Waals surface area contributed by atoms with Gasteiger partial charge in [-0.3, -0.25) is 5.32 Å². The van der Waals surface area contributed by atoms with Gasteiger partial charge >= 0.3 is 18.3 Å². The van der Waals surface area contributed by atoms with Gasteiger partial charge in [0.05, 0.1) is 60.6 Å². The molecule has 1 fully saturated rings. The van der Waals surface area contributed by atoms with Gasteiger partial charge in [-0.05, 0) is 93.4 Å². The first-order chi connectivity index (χ1) is 32.1. The highest BCUT2D eigenvalue weighted by Crippen LogP contribution is 2.51. The van der Waals surface area contributed by atoms with E-state index < -0.39 is 51.5 Å². The van der Waals surface area contributed by atoms with Crippen LogP contribution in [0.5, 0.6) is 23.3 Å². The molecule has 67 heavy (non-hydrogen) atoms. The zero-order valence-corrected chi connectivity index (χ0v) is 38.2. The summed E-state index contributed by atoms with van der Waals surface area (Å²) in [4.78, 5) is 35.8. The van der Waals surface area contributed by atoms with Crippen molar-refractivity contribution < 1.29 is 46.4 Å². The molecule has 14 nitrogen and oxygen atoms in total. The molecule has 1 amide bonds. The fourth-order valence-electron chi connectivity index (χ4n) is 8.79. The number of halogens is 5. The number of carbonyl (C=O) groups is 1. The average molecular weight is 945 g/mol. The molecule has 0 saturated carbocycles. The summed E-state index contributed by atoms with van der Waals surface area (Å²) in [6.07, 6.45) is -3.09. The molecule has 6 aromatic rings. The van der Waals surface area contributed by atoms with Crippen molar-refractivity contribution in [2.45, 2.75) is 52.0 Å². The van der Waals surface area contributed by atoms with Crippen LogP contribution in [0.1, 0.15) is 53.6 Å². The minimum absolute atomic E-state index is 0.0148. The second kappa shape index (κ2) is 19.7. The highest BCUT2D eigenvalue weighted by Gasteiger charge is 2.41. The van der Waals surface area contributed by atoms with Crippen LogP contribution in [-0.2, 0) is 19.3 Å². The van der Waals surface area contributed by atoms with E-state index in [0.29, 0.717) is 17.1 Å². The van der Waals surface area contributed by atoms with Crippen molar-refractivity contribution in [1.29, 1.82) is 0 Å². The van der Waals surface area contributed by atoms with Crippen LogP contribution in [0.2, 0.25) is 5.02 Å². The molecule has 5 heterocycles. The Morgan fingerprint density at radius 1 is 1.01 bits per heavy atom. The number of nitrogens with one attached hydrogen (secondary N) is 1. The Morgan fingerprint density at radius 2 is 1.69 bits per heavy atom. The van der Waals surface area contributed by atoms with Crippen LogP contribution in [0, 0.1) is 18.7 Å². The standard InChI is InChI=1S/C48H49ClF4N8O6/c1-27-22-35(60(24-29-10-14-32(64-4)15-11-29)25-30-12-16-33(65-5)17-13-30)55-41(38(27)48(51,52)53)36-39(49)43-37-42(40(36)50)56-46(67-26-31-8-7-19-59(3)23-31)58-45(37)61(20-21-66-43)28(2)34-9-6-18-54-44(34)57-47(62)63/h6,9-18,22,28,31H,7-8,19-21,23-26H2,1-5H3,(H,54,57)(H,62,63)/t28-,31?/m1/s1. The molecular formula is C48H49ClF4N8O6. The molecule has 0 spiro atoms. The lowest BCUT2D eigenvalue weighted by Crippen LogP contribution is -2.35. The van der Waals surface area contributed by atoms with E-state index in [0.717, 1.165) is 37.1 Å². The number of anilines is 3. The van der Waals surface area contributed by atoms with Crippen LogP contribution >= 0.6 is 11.6 Å². The number of aryl methyl sites for hydroxylation is 1. The largest absolute Gasteiger partial charge is 0.497 e. The highest BCUT2D eigenvalue weighted by molar-refractivity contribution is 6.36. The number of amides is 1. The van der Waals surface area contributed by atoms with Crippen LogP contribution in [-0.4, -0.2) is 90.2 Å². The van der Waals surface area contributed by atoms with Gasteiger partial charge in [0.25, 0.3) is 0 Å². The lowest BCUT2D eigenvalue weighted by Gasteiger charge is -2.31. The van der Waals surface area contributed by atoms with Gasteiger partial charge in [0.2, 0.25) is 0 Å². The number of hydrogen-bond acceptors (Lipinski definition) is 12. The topological polar surface area (TPSA) is 148 Å². The summed E-state index contributed by atoms with van der Waals surface area (Å²) in [6.45, 7) is 5.33. The van der Waals surface area contributed by atoms with Crippen LogP contribution in [0.4, 0.5) is 39.8 Å². The average Bonchev–Trinajstić information content (AvgIpc) is 3.50. The lowest BCUT2D eigenvalue weighted by atomic mass is 9.98. The smallest absolute Gasteiger partial charge is 0.418 e. The quantitative estimate of drug-likeness (QED) is 0.1000. The van der Waals surface area contributed by atoms with Crippen molar-refractivity contribution in [2.75, 3.05) is 69.2 Å². The molecule has 352 valence electrons. The van der Waals surface area contributed by atoms with Crippen molar-refractivity contribution in [2.24, 2.45) is 5.92 Å². The Hall–Kier alpha value is -6.66. The van der Waals surface area contributed by atoms with Gasteiger partial charge in [-0.2, -0.15) is 23.1 Å². The molecule has 2 N–H and O–H groups in total. The molecule has 0 bridgehead atoms. The molecule has 2 aliphatic heterocycles. The molecule has 2 aliphatic rings. The number of aromatic nitrogens is 4. The first-order valence-electron chi connectivity index (χ1n) is 21.6. The Balaban J connectivity index is 1.33. The fourth-order valence-corrected chi connectivity index (χ4v) is 9.11. The van der Waals surface area contributed by atoms with E-state index in [4.69, 9.17) is 35.5 Å². The number of rotatable bonds is 14. The Labute approximate surface area is 389 Å². The van der Waals surface area contributed by atoms with Crippen molar-refractivity contribution in [3.8, 4) is 34.5 Å². The monoisotopic (exact) mass is 944 g/mol. The van der Waals surface area contributed by atoms with E-state index in [9.17, 15) is 9.90 Å². The summed E-state index contributed by atoms with van der Waals surface area (Å²) >= 11 is 7.17. The third-order valence-corrected chi connectivity index (χ3v) is 12.4. The SMILES string of the molecule is COc1ccc(CN(Cc2ccc(OC)cc2)c2cc(C)c(C(F)(F)F)c(-c3c(Cl)c4c5c(nc(OCC6CCCN(C)C6)nc5c3F)N([C@H](C)c3cccnc3NC(=O)O)CCO4)n2)cc1. The van der Waals surface area contributed by atoms with Gasteiger partial charge in [-0.15, -0.1) is 0 Å². The molecule has 19 heteroatoms. The highest BCUT2D eigenvalue weighted by atomic mass is 35.5. The van der Waals surface area contributed by atoms with E-state index in [-0.39, 0.29) is 78.9 Å². The predicted octanol–water partition coefficient (Wildman–Crippen LogP) is 10.2. The number of ether oxygens (including phenoxy) is 4. The Bertz CT molecular complexity index is 2720. The third-order valence-electron chi connectivity index (χ3n) is 12.1. The summed E-state index contributed by atoms with van der Waals surface area (Å²) in [5.41, 5.74) is -1.20. The van der Waals surface area contributed by atoms with Gasteiger partial charge in [-0.25, -0.2) is 19.2 Å².